The summed E-state index contributed by atoms with van der Waals surface area (Å²) in [6.45, 7) is 4.08. The van der Waals surface area contributed by atoms with Crippen molar-refractivity contribution < 1.29 is 9.59 Å². The SMILES string of the molecule is CC(C)N(Cc1nc2ccccc2c(=O)[nH]1)C(=O)CCC1Cc2ccccc2NC1=O. The summed E-state index contributed by atoms with van der Waals surface area (Å²) in [5.74, 6) is 0.127. The number of rotatable bonds is 6. The van der Waals surface area contributed by atoms with Crippen LogP contribution in [0.2, 0.25) is 0 Å². The van der Waals surface area contributed by atoms with Crippen LogP contribution < -0.4 is 10.9 Å². The van der Waals surface area contributed by atoms with E-state index in [4.69, 9.17) is 0 Å². The summed E-state index contributed by atoms with van der Waals surface area (Å²) in [5, 5.41) is 3.46. The Morgan fingerprint density at radius 2 is 1.87 bits per heavy atom. The molecule has 0 spiro atoms. The molecule has 7 heteroatoms. The lowest BCUT2D eigenvalue weighted by atomic mass is 9.89. The van der Waals surface area contributed by atoms with E-state index in [2.05, 4.69) is 15.3 Å². The summed E-state index contributed by atoms with van der Waals surface area (Å²) in [6.07, 6.45) is 1.37. The minimum Gasteiger partial charge on any atom is -0.333 e. The number of fused-ring (bicyclic) bond motifs is 2. The van der Waals surface area contributed by atoms with Gasteiger partial charge in [0.2, 0.25) is 11.8 Å². The second-order valence-electron chi connectivity index (χ2n) is 8.23. The zero-order chi connectivity index (χ0) is 22.0. The van der Waals surface area contributed by atoms with Gasteiger partial charge in [0, 0.05) is 24.1 Å². The van der Waals surface area contributed by atoms with E-state index in [0.717, 1.165) is 11.3 Å². The molecule has 160 valence electrons. The van der Waals surface area contributed by atoms with Crippen LogP contribution in [0, 0.1) is 5.92 Å². The summed E-state index contributed by atoms with van der Waals surface area (Å²) in [6, 6.07) is 14.8. The van der Waals surface area contributed by atoms with Gasteiger partial charge in [0.1, 0.15) is 5.82 Å². The van der Waals surface area contributed by atoms with Crippen LogP contribution in [0.4, 0.5) is 5.69 Å². The number of para-hydroxylation sites is 2. The number of amides is 2. The molecule has 31 heavy (non-hydrogen) atoms. The predicted octanol–water partition coefficient (Wildman–Crippen LogP) is 3.25. The molecule has 2 amide bonds. The summed E-state index contributed by atoms with van der Waals surface area (Å²) in [5.41, 5.74) is 2.34. The van der Waals surface area contributed by atoms with Gasteiger partial charge in [-0.2, -0.15) is 0 Å². The number of aromatic nitrogens is 2. The molecule has 0 saturated heterocycles. The first kappa shape index (κ1) is 20.8. The summed E-state index contributed by atoms with van der Waals surface area (Å²) < 4.78 is 0. The number of nitrogens with one attached hydrogen (secondary N) is 2. The van der Waals surface area contributed by atoms with Crippen LogP contribution in [0.5, 0.6) is 0 Å². The van der Waals surface area contributed by atoms with Crippen LogP contribution in [0.15, 0.2) is 53.3 Å². The van der Waals surface area contributed by atoms with Crippen molar-refractivity contribution in [3.05, 3.63) is 70.3 Å². The largest absolute Gasteiger partial charge is 0.333 e. The summed E-state index contributed by atoms with van der Waals surface area (Å²) in [7, 11) is 0. The predicted molar refractivity (Wildman–Crippen MR) is 120 cm³/mol. The van der Waals surface area contributed by atoms with E-state index in [9.17, 15) is 14.4 Å². The lowest BCUT2D eigenvalue weighted by molar-refractivity contribution is -0.134. The zero-order valence-electron chi connectivity index (χ0n) is 17.7. The van der Waals surface area contributed by atoms with Crippen LogP contribution in [-0.2, 0) is 22.6 Å². The maximum atomic E-state index is 13.0. The number of hydrogen-bond donors (Lipinski definition) is 2. The third-order valence-corrected chi connectivity index (χ3v) is 5.74. The molecule has 2 N–H and O–H groups in total. The normalized spacial score (nSPS) is 15.6. The van der Waals surface area contributed by atoms with Gasteiger partial charge in [0.25, 0.3) is 5.56 Å². The van der Waals surface area contributed by atoms with E-state index in [-0.39, 0.29) is 42.3 Å². The Bertz CT molecular complexity index is 1180. The average Bonchev–Trinajstić information content (AvgIpc) is 2.75. The van der Waals surface area contributed by atoms with Crippen molar-refractivity contribution in [3.8, 4) is 0 Å². The van der Waals surface area contributed by atoms with Crippen molar-refractivity contribution >= 4 is 28.4 Å². The molecule has 2 heterocycles. The molecule has 1 aromatic heterocycles. The number of benzene rings is 2. The number of carbonyl (C=O) groups is 2. The number of hydrogen-bond acceptors (Lipinski definition) is 4. The highest BCUT2D eigenvalue weighted by Gasteiger charge is 2.27. The van der Waals surface area contributed by atoms with Gasteiger partial charge in [0.15, 0.2) is 0 Å². The molecular formula is C24H26N4O3. The van der Waals surface area contributed by atoms with Crippen molar-refractivity contribution in [3.63, 3.8) is 0 Å². The molecule has 0 bridgehead atoms. The smallest absolute Gasteiger partial charge is 0.258 e. The van der Waals surface area contributed by atoms with Gasteiger partial charge in [-0.25, -0.2) is 4.98 Å². The molecule has 2 aromatic carbocycles. The molecule has 1 aliphatic heterocycles. The molecule has 3 aromatic rings. The number of anilines is 1. The van der Waals surface area contributed by atoms with E-state index in [1.165, 1.54) is 0 Å². The standard InChI is InChI=1S/C24H26N4O3/c1-15(2)28(14-21-25-20-10-6-4-8-18(20)24(31)27-21)22(29)12-11-17-13-16-7-3-5-9-19(16)26-23(17)30/h3-10,15,17H,11-14H2,1-2H3,(H,26,30)(H,25,27,31). The minimum absolute atomic E-state index is 0.0388. The van der Waals surface area contributed by atoms with Crippen molar-refractivity contribution in [2.24, 2.45) is 5.92 Å². The van der Waals surface area contributed by atoms with Gasteiger partial charge in [-0.15, -0.1) is 0 Å². The Morgan fingerprint density at radius 3 is 2.68 bits per heavy atom. The fourth-order valence-electron chi connectivity index (χ4n) is 4.02. The van der Waals surface area contributed by atoms with E-state index in [1.54, 1.807) is 23.1 Å². The second-order valence-corrected chi connectivity index (χ2v) is 8.23. The first-order valence-electron chi connectivity index (χ1n) is 10.6. The number of aromatic amines is 1. The Labute approximate surface area is 180 Å². The highest BCUT2D eigenvalue weighted by molar-refractivity contribution is 5.96. The maximum Gasteiger partial charge on any atom is 0.258 e. The first-order valence-corrected chi connectivity index (χ1v) is 10.6. The van der Waals surface area contributed by atoms with E-state index in [1.807, 2.05) is 44.2 Å². The van der Waals surface area contributed by atoms with Crippen LogP contribution in [0.25, 0.3) is 10.9 Å². The van der Waals surface area contributed by atoms with Gasteiger partial charge in [-0.05, 0) is 50.5 Å². The molecule has 0 radical (unpaired) electrons. The monoisotopic (exact) mass is 418 g/mol. The number of carbonyl (C=O) groups excluding carboxylic acids is 2. The van der Waals surface area contributed by atoms with E-state index < -0.39 is 0 Å². The average molecular weight is 418 g/mol. The molecule has 0 saturated carbocycles. The maximum absolute atomic E-state index is 13.0. The van der Waals surface area contributed by atoms with Crippen molar-refractivity contribution in [1.29, 1.82) is 0 Å². The molecule has 0 aliphatic carbocycles. The van der Waals surface area contributed by atoms with Gasteiger partial charge in [0.05, 0.1) is 17.4 Å². The number of nitrogens with zero attached hydrogens (tertiary/aromatic N) is 2. The van der Waals surface area contributed by atoms with Crippen LogP contribution in [-0.4, -0.2) is 32.7 Å². The molecule has 0 fully saturated rings. The zero-order valence-corrected chi connectivity index (χ0v) is 17.7. The number of H-pyrrole nitrogens is 1. The first-order chi connectivity index (χ1) is 14.9. The summed E-state index contributed by atoms with van der Waals surface area (Å²) >= 11 is 0. The minimum atomic E-state index is -0.230. The quantitative estimate of drug-likeness (QED) is 0.642. The Kier molecular flexibility index (Phi) is 5.84. The Balaban J connectivity index is 1.45. The fourth-order valence-corrected chi connectivity index (χ4v) is 4.02. The molecule has 1 atom stereocenters. The van der Waals surface area contributed by atoms with Crippen molar-refractivity contribution in [1.82, 2.24) is 14.9 Å². The lowest BCUT2D eigenvalue weighted by Gasteiger charge is -2.28. The third kappa shape index (κ3) is 4.50. The van der Waals surface area contributed by atoms with Gasteiger partial charge < -0.3 is 15.2 Å². The Hall–Kier alpha value is -3.48. The molecular weight excluding hydrogens is 392 g/mol. The van der Waals surface area contributed by atoms with Crippen LogP contribution in [0.1, 0.15) is 38.1 Å². The second kappa shape index (κ2) is 8.71. The van der Waals surface area contributed by atoms with Gasteiger partial charge >= 0.3 is 0 Å². The Morgan fingerprint density at radius 1 is 1.13 bits per heavy atom. The molecule has 4 rings (SSSR count). The highest BCUT2D eigenvalue weighted by atomic mass is 16.2. The van der Waals surface area contributed by atoms with E-state index in [0.29, 0.717) is 29.6 Å². The van der Waals surface area contributed by atoms with Gasteiger partial charge in [-0.3, -0.25) is 14.4 Å². The lowest BCUT2D eigenvalue weighted by Crippen LogP contribution is -2.38. The molecule has 7 nitrogen and oxygen atoms in total. The topological polar surface area (TPSA) is 95.2 Å². The van der Waals surface area contributed by atoms with Crippen molar-refractivity contribution in [2.75, 3.05) is 5.32 Å². The van der Waals surface area contributed by atoms with Crippen LogP contribution in [0.3, 0.4) is 0 Å². The molecule has 1 unspecified atom stereocenters. The van der Waals surface area contributed by atoms with Crippen molar-refractivity contribution in [2.45, 2.75) is 45.7 Å². The third-order valence-electron chi connectivity index (χ3n) is 5.74. The van der Waals surface area contributed by atoms with Gasteiger partial charge in [-0.1, -0.05) is 30.3 Å². The highest BCUT2D eigenvalue weighted by Crippen LogP contribution is 2.28. The van der Waals surface area contributed by atoms with Crippen LogP contribution >= 0.6 is 0 Å². The fraction of sp³-hybridized carbons (Fsp3) is 0.333. The van der Waals surface area contributed by atoms with E-state index >= 15 is 0 Å². The molecule has 1 aliphatic rings. The summed E-state index contributed by atoms with van der Waals surface area (Å²) in [4.78, 5) is 46.8.